The summed E-state index contributed by atoms with van der Waals surface area (Å²) in [5, 5.41) is 9.95. The highest BCUT2D eigenvalue weighted by atomic mass is 19.1. The first-order valence-corrected chi connectivity index (χ1v) is 10.2. The molecule has 0 spiro atoms. The second-order valence-electron chi connectivity index (χ2n) is 8.42. The Balaban J connectivity index is 1.51. The van der Waals surface area contributed by atoms with Gasteiger partial charge < -0.3 is 21.7 Å². The summed E-state index contributed by atoms with van der Waals surface area (Å²) < 4.78 is 14.5. The van der Waals surface area contributed by atoms with E-state index in [9.17, 15) is 9.18 Å². The summed E-state index contributed by atoms with van der Waals surface area (Å²) in [5.74, 6) is 0.229. The second-order valence-corrected chi connectivity index (χ2v) is 8.42. The highest BCUT2D eigenvalue weighted by Crippen LogP contribution is 2.52. The van der Waals surface area contributed by atoms with Crippen LogP contribution in [0.15, 0.2) is 30.5 Å². The Hall–Kier alpha value is -2.74. The van der Waals surface area contributed by atoms with Crippen molar-refractivity contribution in [3.05, 3.63) is 41.8 Å². The minimum atomic E-state index is -0.533. The van der Waals surface area contributed by atoms with Crippen molar-refractivity contribution in [2.45, 2.75) is 25.3 Å². The minimum absolute atomic E-state index is 0.115. The quantitative estimate of drug-likeness (QED) is 0.588. The molecule has 2 saturated carbocycles. The molecule has 1 amide bonds. The molecule has 1 aliphatic heterocycles. The van der Waals surface area contributed by atoms with Gasteiger partial charge in [0.2, 0.25) is 11.9 Å². The van der Waals surface area contributed by atoms with E-state index < -0.39 is 5.82 Å². The Morgan fingerprint density at radius 1 is 1.24 bits per heavy atom. The van der Waals surface area contributed by atoms with E-state index in [1.165, 1.54) is 5.56 Å². The fourth-order valence-electron chi connectivity index (χ4n) is 5.48. The highest BCUT2D eigenvalue weighted by molar-refractivity contribution is 5.79. The van der Waals surface area contributed by atoms with Gasteiger partial charge in [-0.1, -0.05) is 12.1 Å². The predicted octanol–water partition coefficient (Wildman–Crippen LogP) is 2.04. The van der Waals surface area contributed by atoms with Crippen LogP contribution in [0.3, 0.4) is 0 Å². The molecule has 8 heteroatoms. The van der Waals surface area contributed by atoms with E-state index in [-0.39, 0.29) is 35.5 Å². The molecule has 3 aliphatic rings. The standard InChI is InChI=1S/C21H25FN6O/c22-16-10-25-21-26-14-3-1-2-11(6-14)4-5-24-9-13-7-12-8-15(13)18(17(12)19(23)29)27-20(16)28-21/h1-3,6,10,12-13,15,17-18,24H,4-5,7-9H2,(H2,23,29)(H2,25,26,27,28)/t12-,13?,15+,17-,18+/m0/s1. The van der Waals surface area contributed by atoms with Crippen molar-refractivity contribution in [2.75, 3.05) is 23.7 Å². The molecule has 2 fully saturated rings. The Morgan fingerprint density at radius 2 is 2.14 bits per heavy atom. The zero-order valence-corrected chi connectivity index (χ0v) is 16.1. The average Bonchev–Trinajstić information content (AvgIpc) is 3.26. The molecular formula is C21H25FN6O. The number of nitrogens with two attached hydrogens (primary N) is 1. The summed E-state index contributed by atoms with van der Waals surface area (Å²) >= 11 is 0. The highest BCUT2D eigenvalue weighted by Gasteiger charge is 2.54. The van der Waals surface area contributed by atoms with Crippen LogP contribution in [0.5, 0.6) is 0 Å². The van der Waals surface area contributed by atoms with Crippen LogP contribution in [-0.2, 0) is 11.2 Å². The van der Waals surface area contributed by atoms with Crippen molar-refractivity contribution in [1.82, 2.24) is 15.3 Å². The van der Waals surface area contributed by atoms with Gasteiger partial charge in [0.05, 0.1) is 12.1 Å². The lowest BCUT2D eigenvalue weighted by molar-refractivity contribution is -0.123. The normalized spacial score (nSPS) is 30.6. The van der Waals surface area contributed by atoms with E-state index in [0.29, 0.717) is 11.9 Å². The van der Waals surface area contributed by atoms with Crippen LogP contribution < -0.4 is 21.7 Å². The van der Waals surface area contributed by atoms with Crippen LogP contribution in [0.1, 0.15) is 18.4 Å². The first-order chi connectivity index (χ1) is 14.1. The van der Waals surface area contributed by atoms with Crippen molar-refractivity contribution in [2.24, 2.45) is 29.4 Å². The van der Waals surface area contributed by atoms with Gasteiger partial charge in [0.15, 0.2) is 11.6 Å². The number of anilines is 3. The molecule has 1 aromatic carbocycles. The number of fused-ring (bicyclic) bond motifs is 5. The number of amides is 1. The number of carbonyl (C=O) groups excluding carboxylic acids is 1. The number of nitrogens with one attached hydrogen (secondary N) is 3. The topological polar surface area (TPSA) is 105 Å². The second kappa shape index (κ2) is 7.26. The van der Waals surface area contributed by atoms with E-state index in [4.69, 9.17) is 5.73 Å². The molecule has 152 valence electrons. The Morgan fingerprint density at radius 3 is 3.00 bits per heavy atom. The van der Waals surface area contributed by atoms with E-state index in [1.54, 1.807) is 0 Å². The van der Waals surface area contributed by atoms with E-state index >= 15 is 0 Å². The Kier molecular flexibility index (Phi) is 4.58. The van der Waals surface area contributed by atoms with Crippen LogP contribution in [0.25, 0.3) is 0 Å². The molecule has 29 heavy (non-hydrogen) atoms. The van der Waals surface area contributed by atoms with Gasteiger partial charge in [0.25, 0.3) is 0 Å². The molecule has 0 radical (unpaired) electrons. The number of hydrogen-bond donors (Lipinski definition) is 4. The number of hydrogen-bond acceptors (Lipinski definition) is 6. The third kappa shape index (κ3) is 3.42. The molecular weight excluding hydrogens is 371 g/mol. The molecule has 5 N–H and O–H groups in total. The third-order valence-electron chi connectivity index (χ3n) is 6.70. The number of halogens is 1. The van der Waals surface area contributed by atoms with Crippen molar-refractivity contribution in [3.8, 4) is 0 Å². The van der Waals surface area contributed by atoms with E-state index in [1.807, 2.05) is 12.1 Å². The van der Waals surface area contributed by atoms with Gasteiger partial charge in [-0.05, 0) is 67.8 Å². The molecule has 7 nitrogen and oxygen atoms in total. The molecule has 6 bridgehead atoms. The number of benzene rings is 1. The molecule has 1 unspecified atom stereocenters. The molecule has 0 saturated heterocycles. The molecule has 2 heterocycles. The van der Waals surface area contributed by atoms with Crippen molar-refractivity contribution in [1.29, 1.82) is 0 Å². The SMILES string of the molecule is NC(=O)[C@H]1[C@H]2CC3CNCCc4cccc(c4)Nc4ncc(F)c(n4)N[C@@H]1[C@@H]3C2. The van der Waals surface area contributed by atoms with Crippen LogP contribution >= 0.6 is 0 Å². The maximum Gasteiger partial charge on any atom is 0.229 e. The first-order valence-electron chi connectivity index (χ1n) is 10.2. The Labute approximate surface area is 168 Å². The largest absolute Gasteiger partial charge is 0.369 e. The van der Waals surface area contributed by atoms with Crippen LogP contribution in [-0.4, -0.2) is 35.0 Å². The van der Waals surface area contributed by atoms with Crippen LogP contribution in [0.4, 0.5) is 21.8 Å². The lowest BCUT2D eigenvalue weighted by Crippen LogP contribution is -2.47. The lowest BCUT2D eigenvalue weighted by Gasteiger charge is -2.35. The lowest BCUT2D eigenvalue weighted by atomic mass is 9.77. The maximum atomic E-state index is 14.5. The summed E-state index contributed by atoms with van der Waals surface area (Å²) in [5.41, 5.74) is 7.78. The van der Waals surface area contributed by atoms with Crippen LogP contribution in [0.2, 0.25) is 0 Å². The molecule has 5 rings (SSSR count). The van der Waals surface area contributed by atoms with Crippen molar-refractivity contribution in [3.63, 3.8) is 0 Å². The molecule has 5 atom stereocenters. The molecule has 2 aliphatic carbocycles. The van der Waals surface area contributed by atoms with Crippen LogP contribution in [0, 0.1) is 29.5 Å². The summed E-state index contributed by atoms with van der Waals surface area (Å²) in [4.78, 5) is 20.6. The number of primary amides is 1. The van der Waals surface area contributed by atoms with Gasteiger partial charge in [-0.2, -0.15) is 4.98 Å². The van der Waals surface area contributed by atoms with Crippen molar-refractivity contribution < 1.29 is 9.18 Å². The zero-order chi connectivity index (χ0) is 20.0. The fraction of sp³-hybridized carbons (Fsp3) is 0.476. The van der Waals surface area contributed by atoms with Gasteiger partial charge in [-0.3, -0.25) is 4.79 Å². The number of rotatable bonds is 1. The van der Waals surface area contributed by atoms with Crippen molar-refractivity contribution >= 4 is 23.4 Å². The number of carbonyl (C=O) groups is 1. The number of aromatic nitrogens is 2. The minimum Gasteiger partial charge on any atom is -0.369 e. The number of nitrogens with zero attached hydrogens (tertiary/aromatic N) is 2. The zero-order valence-electron chi connectivity index (χ0n) is 16.1. The summed E-state index contributed by atoms with van der Waals surface area (Å²) in [6, 6.07) is 7.85. The Bertz CT molecular complexity index is 937. The van der Waals surface area contributed by atoms with E-state index in [2.05, 4.69) is 38.1 Å². The average molecular weight is 396 g/mol. The third-order valence-corrected chi connectivity index (χ3v) is 6.70. The summed E-state index contributed by atoms with van der Waals surface area (Å²) in [6.07, 6.45) is 4.00. The first kappa shape index (κ1) is 18.3. The summed E-state index contributed by atoms with van der Waals surface area (Å²) in [6.45, 7) is 1.77. The van der Waals surface area contributed by atoms with E-state index in [0.717, 1.165) is 44.2 Å². The summed E-state index contributed by atoms with van der Waals surface area (Å²) in [7, 11) is 0. The van der Waals surface area contributed by atoms with Gasteiger partial charge >= 0.3 is 0 Å². The van der Waals surface area contributed by atoms with Gasteiger partial charge in [-0.25, -0.2) is 9.37 Å². The predicted molar refractivity (Wildman–Crippen MR) is 108 cm³/mol. The smallest absolute Gasteiger partial charge is 0.229 e. The van der Waals surface area contributed by atoms with Gasteiger partial charge in [0, 0.05) is 11.7 Å². The monoisotopic (exact) mass is 396 g/mol. The fourth-order valence-corrected chi connectivity index (χ4v) is 5.48. The van der Waals surface area contributed by atoms with Gasteiger partial charge in [-0.15, -0.1) is 0 Å². The maximum absolute atomic E-state index is 14.5. The molecule has 2 aromatic rings. The molecule has 1 aromatic heterocycles. The van der Waals surface area contributed by atoms with Gasteiger partial charge in [0.1, 0.15) is 0 Å².